The van der Waals surface area contributed by atoms with Gasteiger partial charge < -0.3 is 10.5 Å². The Kier molecular flexibility index (Phi) is 6.15. The fourth-order valence-electron chi connectivity index (χ4n) is 1.64. The SMILES string of the molecule is CCCCCCOC(=O)Cc1cccc(N)c1. The van der Waals surface area contributed by atoms with Crippen LogP contribution in [0.25, 0.3) is 0 Å². The van der Waals surface area contributed by atoms with E-state index in [1.165, 1.54) is 12.8 Å². The summed E-state index contributed by atoms with van der Waals surface area (Å²) in [5, 5.41) is 0. The van der Waals surface area contributed by atoms with Crippen LogP contribution in [0.5, 0.6) is 0 Å². The van der Waals surface area contributed by atoms with Crippen molar-refractivity contribution >= 4 is 11.7 Å². The summed E-state index contributed by atoms with van der Waals surface area (Å²) in [7, 11) is 0. The molecule has 0 bridgehead atoms. The van der Waals surface area contributed by atoms with Gasteiger partial charge in [-0.3, -0.25) is 4.79 Å². The van der Waals surface area contributed by atoms with Crippen molar-refractivity contribution in [3.8, 4) is 0 Å². The van der Waals surface area contributed by atoms with Crippen LogP contribution in [0.2, 0.25) is 0 Å². The number of anilines is 1. The fourth-order valence-corrected chi connectivity index (χ4v) is 1.64. The summed E-state index contributed by atoms with van der Waals surface area (Å²) in [6, 6.07) is 7.34. The normalized spacial score (nSPS) is 10.2. The molecule has 0 saturated heterocycles. The first-order chi connectivity index (χ1) is 8.22. The van der Waals surface area contributed by atoms with Crippen LogP contribution in [-0.4, -0.2) is 12.6 Å². The highest BCUT2D eigenvalue weighted by Crippen LogP contribution is 2.08. The Hall–Kier alpha value is -1.51. The van der Waals surface area contributed by atoms with Crippen molar-refractivity contribution in [1.29, 1.82) is 0 Å². The summed E-state index contributed by atoms with van der Waals surface area (Å²) in [6.45, 7) is 2.69. The maximum absolute atomic E-state index is 11.5. The number of carbonyl (C=O) groups is 1. The third kappa shape index (κ3) is 5.95. The molecule has 2 N–H and O–H groups in total. The molecular weight excluding hydrogens is 214 g/mol. The van der Waals surface area contributed by atoms with Crippen LogP contribution in [0.4, 0.5) is 5.69 Å². The lowest BCUT2D eigenvalue weighted by Gasteiger charge is -2.05. The van der Waals surface area contributed by atoms with E-state index in [1.807, 2.05) is 12.1 Å². The van der Waals surface area contributed by atoms with E-state index in [1.54, 1.807) is 12.1 Å². The second-order valence-corrected chi connectivity index (χ2v) is 4.20. The second kappa shape index (κ2) is 7.71. The van der Waals surface area contributed by atoms with Gasteiger partial charge in [-0.2, -0.15) is 0 Å². The molecule has 17 heavy (non-hydrogen) atoms. The molecule has 0 atom stereocenters. The van der Waals surface area contributed by atoms with Crippen LogP contribution in [-0.2, 0) is 16.0 Å². The van der Waals surface area contributed by atoms with Crippen molar-refractivity contribution in [3.63, 3.8) is 0 Å². The molecule has 1 aromatic carbocycles. The van der Waals surface area contributed by atoms with Crippen LogP contribution < -0.4 is 5.73 Å². The predicted molar refractivity (Wildman–Crippen MR) is 69.7 cm³/mol. The lowest BCUT2D eigenvalue weighted by molar-refractivity contribution is -0.142. The zero-order chi connectivity index (χ0) is 12.5. The summed E-state index contributed by atoms with van der Waals surface area (Å²) in [6.07, 6.45) is 4.78. The summed E-state index contributed by atoms with van der Waals surface area (Å²) in [5.74, 6) is -0.174. The molecule has 0 unspecified atom stereocenters. The lowest BCUT2D eigenvalue weighted by atomic mass is 10.1. The van der Waals surface area contributed by atoms with Gasteiger partial charge >= 0.3 is 5.97 Å². The Balaban J connectivity index is 2.21. The Morgan fingerprint density at radius 2 is 2.12 bits per heavy atom. The molecule has 1 rings (SSSR count). The van der Waals surface area contributed by atoms with Gasteiger partial charge in [0.1, 0.15) is 0 Å². The Labute approximate surface area is 103 Å². The number of unbranched alkanes of at least 4 members (excludes halogenated alkanes) is 3. The van der Waals surface area contributed by atoms with E-state index in [0.29, 0.717) is 18.7 Å². The number of ether oxygens (including phenoxy) is 1. The fraction of sp³-hybridized carbons (Fsp3) is 0.500. The van der Waals surface area contributed by atoms with Gasteiger partial charge in [0.05, 0.1) is 13.0 Å². The van der Waals surface area contributed by atoms with Gasteiger partial charge in [0, 0.05) is 5.69 Å². The van der Waals surface area contributed by atoms with Gasteiger partial charge in [-0.1, -0.05) is 38.3 Å². The standard InChI is InChI=1S/C14H21NO2/c1-2-3-4-5-9-17-14(16)11-12-7-6-8-13(15)10-12/h6-8,10H,2-5,9,11,15H2,1H3. The topological polar surface area (TPSA) is 52.3 Å². The highest BCUT2D eigenvalue weighted by atomic mass is 16.5. The molecule has 1 aromatic rings. The number of nitrogens with two attached hydrogens (primary N) is 1. The maximum atomic E-state index is 11.5. The zero-order valence-corrected chi connectivity index (χ0v) is 10.4. The van der Waals surface area contributed by atoms with E-state index < -0.39 is 0 Å². The minimum absolute atomic E-state index is 0.174. The first kappa shape index (κ1) is 13.6. The number of nitrogen functional groups attached to an aromatic ring is 1. The molecule has 0 spiro atoms. The van der Waals surface area contributed by atoms with Crippen LogP contribution >= 0.6 is 0 Å². The molecule has 0 aliphatic heterocycles. The third-order valence-electron chi connectivity index (χ3n) is 2.56. The Bertz CT molecular complexity index is 350. The van der Waals surface area contributed by atoms with E-state index in [-0.39, 0.29) is 5.97 Å². The number of esters is 1. The van der Waals surface area contributed by atoms with Crippen LogP contribution in [0.3, 0.4) is 0 Å². The highest BCUT2D eigenvalue weighted by Gasteiger charge is 2.04. The lowest BCUT2D eigenvalue weighted by Crippen LogP contribution is -2.09. The second-order valence-electron chi connectivity index (χ2n) is 4.20. The number of benzene rings is 1. The van der Waals surface area contributed by atoms with E-state index >= 15 is 0 Å². The average molecular weight is 235 g/mol. The van der Waals surface area contributed by atoms with Crippen molar-refractivity contribution < 1.29 is 9.53 Å². The van der Waals surface area contributed by atoms with E-state index in [2.05, 4.69) is 6.92 Å². The van der Waals surface area contributed by atoms with Gasteiger partial charge in [0.2, 0.25) is 0 Å². The first-order valence-corrected chi connectivity index (χ1v) is 6.22. The molecular formula is C14H21NO2. The van der Waals surface area contributed by atoms with Gasteiger partial charge in [0.25, 0.3) is 0 Å². The van der Waals surface area contributed by atoms with E-state index in [9.17, 15) is 4.79 Å². The molecule has 0 aliphatic carbocycles. The van der Waals surface area contributed by atoms with Crippen molar-refractivity contribution in [2.75, 3.05) is 12.3 Å². The van der Waals surface area contributed by atoms with Crippen molar-refractivity contribution in [3.05, 3.63) is 29.8 Å². The molecule has 0 fully saturated rings. The molecule has 0 saturated carbocycles. The van der Waals surface area contributed by atoms with Crippen LogP contribution in [0.1, 0.15) is 38.2 Å². The summed E-state index contributed by atoms with van der Waals surface area (Å²) >= 11 is 0. The molecule has 0 aromatic heterocycles. The number of hydrogen-bond donors (Lipinski definition) is 1. The van der Waals surface area contributed by atoms with Gasteiger partial charge in [-0.25, -0.2) is 0 Å². The Morgan fingerprint density at radius 1 is 1.29 bits per heavy atom. The minimum Gasteiger partial charge on any atom is -0.465 e. The Morgan fingerprint density at radius 3 is 2.82 bits per heavy atom. The van der Waals surface area contributed by atoms with Gasteiger partial charge in [0.15, 0.2) is 0 Å². The highest BCUT2D eigenvalue weighted by molar-refractivity contribution is 5.72. The predicted octanol–water partition coefficient (Wildman–Crippen LogP) is 2.93. The van der Waals surface area contributed by atoms with E-state index in [0.717, 1.165) is 18.4 Å². The number of carbonyl (C=O) groups excluding carboxylic acids is 1. The van der Waals surface area contributed by atoms with Gasteiger partial charge in [-0.15, -0.1) is 0 Å². The third-order valence-corrected chi connectivity index (χ3v) is 2.56. The van der Waals surface area contributed by atoms with Crippen molar-refractivity contribution in [1.82, 2.24) is 0 Å². The maximum Gasteiger partial charge on any atom is 0.310 e. The van der Waals surface area contributed by atoms with Crippen molar-refractivity contribution in [2.24, 2.45) is 0 Å². The molecule has 94 valence electrons. The van der Waals surface area contributed by atoms with Crippen LogP contribution in [0.15, 0.2) is 24.3 Å². The molecule has 3 nitrogen and oxygen atoms in total. The monoisotopic (exact) mass is 235 g/mol. The first-order valence-electron chi connectivity index (χ1n) is 6.22. The van der Waals surface area contributed by atoms with Gasteiger partial charge in [-0.05, 0) is 24.1 Å². The molecule has 0 aliphatic rings. The molecule has 0 radical (unpaired) electrons. The summed E-state index contributed by atoms with van der Waals surface area (Å²) in [5.41, 5.74) is 7.22. The molecule has 0 heterocycles. The smallest absolute Gasteiger partial charge is 0.310 e. The number of rotatable bonds is 7. The quantitative estimate of drug-likeness (QED) is 0.449. The van der Waals surface area contributed by atoms with Crippen molar-refractivity contribution in [2.45, 2.75) is 39.0 Å². The van der Waals surface area contributed by atoms with Crippen LogP contribution in [0, 0.1) is 0 Å². The summed E-state index contributed by atoms with van der Waals surface area (Å²) in [4.78, 5) is 11.5. The largest absolute Gasteiger partial charge is 0.465 e. The molecule has 0 amide bonds. The average Bonchev–Trinajstić information content (AvgIpc) is 2.29. The number of hydrogen-bond acceptors (Lipinski definition) is 3. The van der Waals surface area contributed by atoms with E-state index in [4.69, 9.17) is 10.5 Å². The minimum atomic E-state index is -0.174. The molecule has 3 heteroatoms. The summed E-state index contributed by atoms with van der Waals surface area (Å²) < 4.78 is 5.15. The zero-order valence-electron chi connectivity index (χ0n) is 10.4.